The summed E-state index contributed by atoms with van der Waals surface area (Å²) in [5.41, 5.74) is 1.24. The second kappa shape index (κ2) is 6.23. The average molecular weight is 316 g/mol. The number of rotatable bonds is 4. The first-order valence-corrected chi connectivity index (χ1v) is 7.95. The lowest BCUT2D eigenvalue weighted by Crippen LogP contribution is -2.35. The van der Waals surface area contributed by atoms with Crippen LogP contribution >= 0.6 is 11.8 Å². The lowest BCUT2D eigenvalue weighted by molar-refractivity contribution is -0.113. The molecule has 0 fully saturated rings. The Kier molecular flexibility index (Phi) is 4.15. The maximum Gasteiger partial charge on any atom is 0.251 e. The van der Waals surface area contributed by atoms with Gasteiger partial charge in [0.25, 0.3) is 5.91 Å². The predicted octanol–water partition coefficient (Wildman–Crippen LogP) is 1.75. The lowest BCUT2D eigenvalue weighted by atomic mass is 10.1. The van der Waals surface area contributed by atoms with E-state index < -0.39 is 0 Å². The summed E-state index contributed by atoms with van der Waals surface area (Å²) in [6.45, 7) is 2.53. The van der Waals surface area contributed by atoms with E-state index in [0.29, 0.717) is 23.5 Å². The molecule has 0 saturated heterocycles. The molecule has 2 N–H and O–H groups in total. The van der Waals surface area contributed by atoms with Crippen molar-refractivity contribution in [3.8, 4) is 0 Å². The van der Waals surface area contributed by atoms with Crippen molar-refractivity contribution >= 4 is 29.3 Å². The zero-order valence-corrected chi connectivity index (χ0v) is 12.9. The highest BCUT2D eigenvalue weighted by Gasteiger charge is 2.18. The van der Waals surface area contributed by atoms with Crippen LogP contribution in [0.2, 0.25) is 0 Å². The van der Waals surface area contributed by atoms with Crippen LogP contribution in [-0.2, 0) is 11.3 Å². The smallest absolute Gasteiger partial charge is 0.251 e. The predicted molar refractivity (Wildman–Crippen MR) is 85.0 cm³/mol. The molecule has 6 nitrogen and oxygen atoms in total. The van der Waals surface area contributed by atoms with Crippen LogP contribution in [0.3, 0.4) is 0 Å². The number of carbonyl (C=O) groups excluding carboxylic acids is 2. The minimum Gasteiger partial charge on any atom is -0.348 e. The summed E-state index contributed by atoms with van der Waals surface area (Å²) >= 11 is 1.48. The summed E-state index contributed by atoms with van der Waals surface area (Å²) < 4.78 is 1.77. The summed E-state index contributed by atoms with van der Waals surface area (Å²) in [6, 6.07) is 7.16. The molecule has 0 bridgehead atoms. The van der Waals surface area contributed by atoms with E-state index in [1.807, 2.05) is 25.3 Å². The van der Waals surface area contributed by atoms with Gasteiger partial charge in [-0.1, -0.05) is 0 Å². The molecule has 2 heterocycles. The summed E-state index contributed by atoms with van der Waals surface area (Å²) in [6.07, 6.45) is 3.56. The summed E-state index contributed by atoms with van der Waals surface area (Å²) in [7, 11) is 0. The van der Waals surface area contributed by atoms with E-state index in [1.165, 1.54) is 11.8 Å². The Morgan fingerprint density at radius 1 is 1.55 bits per heavy atom. The fraction of sp³-hybridized carbons (Fsp3) is 0.267. The van der Waals surface area contributed by atoms with Gasteiger partial charge in [-0.15, -0.1) is 11.8 Å². The highest BCUT2D eigenvalue weighted by atomic mass is 32.2. The van der Waals surface area contributed by atoms with Crippen molar-refractivity contribution in [1.82, 2.24) is 15.1 Å². The van der Waals surface area contributed by atoms with Gasteiger partial charge in [-0.3, -0.25) is 14.3 Å². The van der Waals surface area contributed by atoms with Crippen molar-refractivity contribution in [2.75, 3.05) is 11.1 Å². The molecule has 2 amide bonds. The lowest BCUT2D eigenvalue weighted by Gasteiger charge is -2.18. The molecule has 3 rings (SSSR count). The van der Waals surface area contributed by atoms with E-state index in [1.54, 1.807) is 23.0 Å². The van der Waals surface area contributed by atoms with Gasteiger partial charge in [0.2, 0.25) is 5.91 Å². The first-order valence-electron chi connectivity index (χ1n) is 6.97. The Balaban J connectivity index is 1.67. The fourth-order valence-electron chi connectivity index (χ4n) is 2.27. The largest absolute Gasteiger partial charge is 0.348 e. The molecule has 1 atom stereocenters. The van der Waals surface area contributed by atoms with Crippen molar-refractivity contribution in [2.24, 2.45) is 0 Å². The Bertz CT molecular complexity index is 700. The van der Waals surface area contributed by atoms with E-state index in [2.05, 4.69) is 15.7 Å². The standard InChI is InChI=1S/C15H16N4O2S/c1-10(8-19-6-2-5-16-19)17-15(21)11-3-4-13-12(7-11)18-14(20)9-22-13/h2-7,10H,8-9H2,1H3,(H,17,21)(H,18,20)/t10-/m0/s1. The van der Waals surface area contributed by atoms with E-state index in [9.17, 15) is 9.59 Å². The monoisotopic (exact) mass is 316 g/mol. The van der Waals surface area contributed by atoms with E-state index in [4.69, 9.17) is 0 Å². The molecule has 0 spiro atoms. The Labute approximate surface area is 132 Å². The maximum atomic E-state index is 12.3. The Morgan fingerprint density at radius 2 is 2.41 bits per heavy atom. The first kappa shape index (κ1) is 14.6. The van der Waals surface area contributed by atoms with E-state index in [0.717, 1.165) is 4.90 Å². The zero-order chi connectivity index (χ0) is 15.5. The second-order valence-corrected chi connectivity index (χ2v) is 6.17. The molecule has 7 heteroatoms. The number of amides is 2. The fourth-order valence-corrected chi connectivity index (χ4v) is 3.05. The van der Waals surface area contributed by atoms with E-state index >= 15 is 0 Å². The number of aromatic nitrogens is 2. The van der Waals surface area contributed by atoms with Gasteiger partial charge in [-0.05, 0) is 31.2 Å². The minimum absolute atomic E-state index is 0.0397. The molecule has 1 aliphatic heterocycles. The molecule has 2 aromatic rings. The molecular formula is C15H16N4O2S. The molecule has 1 aromatic carbocycles. The Hall–Kier alpha value is -2.28. The van der Waals surface area contributed by atoms with Crippen molar-refractivity contribution < 1.29 is 9.59 Å². The van der Waals surface area contributed by atoms with Gasteiger partial charge >= 0.3 is 0 Å². The van der Waals surface area contributed by atoms with Crippen LogP contribution in [-0.4, -0.2) is 33.4 Å². The van der Waals surface area contributed by atoms with Gasteiger partial charge in [0.05, 0.1) is 18.0 Å². The van der Waals surface area contributed by atoms with Crippen LogP contribution in [0.25, 0.3) is 0 Å². The van der Waals surface area contributed by atoms with Crippen LogP contribution in [0, 0.1) is 0 Å². The van der Waals surface area contributed by atoms with Gasteiger partial charge in [0, 0.05) is 28.9 Å². The molecule has 0 saturated carbocycles. The van der Waals surface area contributed by atoms with Crippen molar-refractivity contribution in [3.05, 3.63) is 42.2 Å². The summed E-state index contributed by atoms with van der Waals surface area (Å²) in [5.74, 6) is 0.216. The SMILES string of the molecule is C[C@@H](Cn1cccn1)NC(=O)c1ccc2c(c1)NC(=O)CS2. The van der Waals surface area contributed by atoms with Crippen LogP contribution in [0.15, 0.2) is 41.6 Å². The van der Waals surface area contributed by atoms with Crippen molar-refractivity contribution in [2.45, 2.75) is 24.4 Å². The normalized spacial score (nSPS) is 14.9. The van der Waals surface area contributed by atoms with Gasteiger partial charge in [-0.2, -0.15) is 5.10 Å². The van der Waals surface area contributed by atoms with Crippen LogP contribution in [0.1, 0.15) is 17.3 Å². The number of anilines is 1. The number of thioether (sulfide) groups is 1. The highest BCUT2D eigenvalue weighted by molar-refractivity contribution is 8.00. The minimum atomic E-state index is -0.160. The molecule has 22 heavy (non-hydrogen) atoms. The zero-order valence-electron chi connectivity index (χ0n) is 12.1. The number of fused-ring (bicyclic) bond motifs is 1. The van der Waals surface area contributed by atoms with Gasteiger partial charge < -0.3 is 10.6 Å². The Morgan fingerprint density at radius 3 is 3.18 bits per heavy atom. The van der Waals surface area contributed by atoms with E-state index in [-0.39, 0.29) is 17.9 Å². The topological polar surface area (TPSA) is 76.0 Å². The van der Waals surface area contributed by atoms with Gasteiger partial charge in [0.1, 0.15) is 0 Å². The van der Waals surface area contributed by atoms with Crippen LogP contribution < -0.4 is 10.6 Å². The number of nitrogens with one attached hydrogen (secondary N) is 2. The second-order valence-electron chi connectivity index (χ2n) is 5.15. The third-order valence-corrected chi connectivity index (χ3v) is 4.35. The molecule has 114 valence electrons. The number of nitrogens with zero attached hydrogens (tertiary/aromatic N) is 2. The van der Waals surface area contributed by atoms with Crippen molar-refractivity contribution in [1.29, 1.82) is 0 Å². The molecule has 1 aromatic heterocycles. The van der Waals surface area contributed by atoms with Crippen molar-refractivity contribution in [3.63, 3.8) is 0 Å². The quantitative estimate of drug-likeness (QED) is 0.901. The summed E-state index contributed by atoms with van der Waals surface area (Å²) in [5, 5.41) is 9.84. The third kappa shape index (κ3) is 3.30. The molecule has 1 aliphatic rings. The number of hydrogen-bond donors (Lipinski definition) is 2. The van der Waals surface area contributed by atoms with Crippen LogP contribution in [0.4, 0.5) is 5.69 Å². The molecule has 0 unspecified atom stereocenters. The molecule has 0 aliphatic carbocycles. The number of carbonyl (C=O) groups is 2. The van der Waals surface area contributed by atoms with Gasteiger partial charge in [-0.25, -0.2) is 0 Å². The number of benzene rings is 1. The average Bonchev–Trinajstić information content (AvgIpc) is 2.99. The highest BCUT2D eigenvalue weighted by Crippen LogP contribution is 2.31. The molecule has 0 radical (unpaired) electrons. The van der Waals surface area contributed by atoms with Crippen LogP contribution in [0.5, 0.6) is 0 Å². The molecular weight excluding hydrogens is 300 g/mol. The summed E-state index contributed by atoms with van der Waals surface area (Å²) in [4.78, 5) is 24.7. The maximum absolute atomic E-state index is 12.3. The van der Waals surface area contributed by atoms with Gasteiger partial charge in [0.15, 0.2) is 0 Å². The third-order valence-electron chi connectivity index (χ3n) is 3.27. The number of hydrogen-bond acceptors (Lipinski definition) is 4. The first-order chi connectivity index (χ1) is 10.6.